The van der Waals surface area contributed by atoms with Crippen molar-refractivity contribution in [3.8, 4) is 12.1 Å². The van der Waals surface area contributed by atoms with Crippen molar-refractivity contribution in [1.29, 1.82) is 10.5 Å². The van der Waals surface area contributed by atoms with E-state index in [0.29, 0.717) is 0 Å². The van der Waals surface area contributed by atoms with Crippen molar-refractivity contribution in [2.45, 2.75) is 23.6 Å². The van der Waals surface area contributed by atoms with E-state index in [9.17, 15) is 9.59 Å². The maximum atomic E-state index is 11.7. The Morgan fingerprint density at radius 2 is 1.13 bits per heavy atom. The van der Waals surface area contributed by atoms with Gasteiger partial charge in [0.25, 0.3) is 0 Å². The summed E-state index contributed by atoms with van der Waals surface area (Å²) in [6.45, 7) is 3.79. The summed E-state index contributed by atoms with van der Waals surface area (Å²) in [6, 6.07) is 18.5. The van der Waals surface area contributed by atoms with Crippen LogP contribution in [0.2, 0.25) is 0 Å². The van der Waals surface area contributed by atoms with Gasteiger partial charge in [-0.2, -0.15) is 10.5 Å². The standard InChI is InChI=1S/C24H20N2O4S/c1-3-29-23(27)19(15-25)13-17-5-9-21(10-6-17)31-22-11-7-18(8-12-22)14-20(16-26)24(28)30-4-2/h5-14H,3-4H2,1-2H3/b19-13+,20-14+. The highest BCUT2D eigenvalue weighted by Gasteiger charge is 2.10. The summed E-state index contributed by atoms with van der Waals surface area (Å²) in [5.74, 6) is -1.28. The zero-order chi connectivity index (χ0) is 22.6. The lowest BCUT2D eigenvalue weighted by Crippen LogP contribution is -2.05. The Kier molecular flexibility index (Phi) is 9.10. The van der Waals surface area contributed by atoms with Gasteiger partial charge in [0.05, 0.1) is 13.2 Å². The van der Waals surface area contributed by atoms with Crippen molar-refractivity contribution >= 4 is 35.9 Å². The smallest absolute Gasteiger partial charge is 0.348 e. The van der Waals surface area contributed by atoms with E-state index in [4.69, 9.17) is 20.0 Å². The normalized spacial score (nSPS) is 11.2. The molecule has 0 saturated heterocycles. The fourth-order valence-corrected chi connectivity index (χ4v) is 3.24. The van der Waals surface area contributed by atoms with Crippen LogP contribution in [0.15, 0.2) is 69.5 Å². The number of nitrogens with zero attached hydrogens (tertiary/aromatic N) is 2. The van der Waals surface area contributed by atoms with E-state index < -0.39 is 11.9 Å². The van der Waals surface area contributed by atoms with Crippen LogP contribution in [0.25, 0.3) is 12.2 Å². The molecule has 2 rings (SSSR count). The lowest BCUT2D eigenvalue weighted by molar-refractivity contribution is -0.138. The van der Waals surface area contributed by atoms with E-state index in [1.807, 2.05) is 60.7 Å². The number of hydrogen-bond donors (Lipinski definition) is 0. The molecule has 0 fully saturated rings. The number of ether oxygens (including phenoxy) is 2. The molecular weight excluding hydrogens is 412 g/mol. The Balaban J connectivity index is 2.09. The van der Waals surface area contributed by atoms with Crippen LogP contribution in [0.4, 0.5) is 0 Å². The molecule has 0 N–H and O–H groups in total. The van der Waals surface area contributed by atoms with Crippen molar-refractivity contribution in [3.05, 3.63) is 70.8 Å². The summed E-state index contributed by atoms with van der Waals surface area (Å²) in [5.41, 5.74) is 1.34. The largest absolute Gasteiger partial charge is 0.462 e. The van der Waals surface area contributed by atoms with E-state index in [1.54, 1.807) is 13.8 Å². The Morgan fingerprint density at radius 3 is 1.42 bits per heavy atom. The quantitative estimate of drug-likeness (QED) is 0.336. The Hall–Kier alpha value is -3.81. The van der Waals surface area contributed by atoms with E-state index in [-0.39, 0.29) is 24.4 Å². The maximum Gasteiger partial charge on any atom is 0.348 e. The van der Waals surface area contributed by atoms with Gasteiger partial charge in [-0.1, -0.05) is 36.0 Å². The van der Waals surface area contributed by atoms with Crippen molar-refractivity contribution in [2.24, 2.45) is 0 Å². The van der Waals surface area contributed by atoms with Gasteiger partial charge in [0.2, 0.25) is 0 Å². The van der Waals surface area contributed by atoms with Crippen molar-refractivity contribution in [2.75, 3.05) is 13.2 Å². The number of esters is 2. The Bertz CT molecular complexity index is 985. The lowest BCUT2D eigenvalue weighted by Gasteiger charge is -2.04. The first-order valence-electron chi connectivity index (χ1n) is 9.46. The minimum Gasteiger partial charge on any atom is -0.462 e. The van der Waals surface area contributed by atoms with Gasteiger partial charge in [-0.15, -0.1) is 0 Å². The molecule has 0 bridgehead atoms. The number of benzene rings is 2. The average molecular weight is 433 g/mol. The molecule has 0 heterocycles. The molecule has 0 spiro atoms. The molecule has 0 aliphatic heterocycles. The van der Waals surface area contributed by atoms with Crippen molar-refractivity contribution < 1.29 is 19.1 Å². The first-order chi connectivity index (χ1) is 15.0. The maximum absolute atomic E-state index is 11.7. The summed E-state index contributed by atoms with van der Waals surface area (Å²) in [7, 11) is 0. The average Bonchev–Trinajstić information content (AvgIpc) is 2.78. The van der Waals surface area contributed by atoms with Crippen LogP contribution in [0.3, 0.4) is 0 Å². The molecule has 7 heteroatoms. The Labute approximate surface area is 185 Å². The molecule has 156 valence electrons. The van der Waals surface area contributed by atoms with E-state index in [1.165, 1.54) is 23.9 Å². The second-order valence-electron chi connectivity index (χ2n) is 6.02. The first-order valence-corrected chi connectivity index (χ1v) is 10.3. The molecule has 2 aromatic rings. The highest BCUT2D eigenvalue weighted by atomic mass is 32.2. The molecule has 0 amide bonds. The second kappa shape index (κ2) is 12.0. The molecule has 6 nitrogen and oxygen atoms in total. The fraction of sp³-hybridized carbons (Fsp3) is 0.167. The van der Waals surface area contributed by atoms with Gasteiger partial charge in [0.1, 0.15) is 23.3 Å². The van der Waals surface area contributed by atoms with Crippen LogP contribution in [0, 0.1) is 22.7 Å². The molecule has 31 heavy (non-hydrogen) atoms. The SMILES string of the molecule is CCOC(=O)/C(C#N)=C/c1ccc(Sc2ccc(/C=C(\C#N)C(=O)OCC)cc2)cc1. The van der Waals surface area contributed by atoms with Gasteiger partial charge in [0.15, 0.2) is 0 Å². The predicted octanol–water partition coefficient (Wildman–Crippen LogP) is 4.78. The van der Waals surface area contributed by atoms with Crippen molar-refractivity contribution in [1.82, 2.24) is 0 Å². The van der Waals surface area contributed by atoms with Crippen LogP contribution in [-0.4, -0.2) is 25.2 Å². The summed E-state index contributed by atoms with van der Waals surface area (Å²) in [4.78, 5) is 25.4. The van der Waals surface area contributed by atoms with Crippen LogP contribution in [-0.2, 0) is 19.1 Å². The molecule has 0 saturated carbocycles. The van der Waals surface area contributed by atoms with Crippen LogP contribution < -0.4 is 0 Å². The van der Waals surface area contributed by atoms with Crippen LogP contribution >= 0.6 is 11.8 Å². The number of hydrogen-bond acceptors (Lipinski definition) is 7. The molecule has 0 unspecified atom stereocenters. The highest BCUT2D eigenvalue weighted by molar-refractivity contribution is 7.99. The van der Waals surface area contributed by atoms with E-state index in [0.717, 1.165) is 20.9 Å². The third-order valence-electron chi connectivity index (χ3n) is 3.85. The van der Waals surface area contributed by atoms with Gasteiger partial charge < -0.3 is 9.47 Å². The van der Waals surface area contributed by atoms with Crippen LogP contribution in [0.5, 0.6) is 0 Å². The minimum absolute atomic E-state index is 0.0505. The summed E-state index contributed by atoms with van der Waals surface area (Å²) < 4.78 is 9.71. The Morgan fingerprint density at radius 1 is 0.774 bits per heavy atom. The molecule has 0 aliphatic rings. The van der Waals surface area contributed by atoms with Crippen molar-refractivity contribution in [3.63, 3.8) is 0 Å². The highest BCUT2D eigenvalue weighted by Crippen LogP contribution is 2.28. The molecular formula is C24H20N2O4S. The first kappa shape index (κ1) is 23.5. The van der Waals surface area contributed by atoms with Gasteiger partial charge >= 0.3 is 11.9 Å². The molecule has 0 radical (unpaired) electrons. The summed E-state index contributed by atoms with van der Waals surface area (Å²) >= 11 is 1.53. The third-order valence-corrected chi connectivity index (χ3v) is 4.87. The lowest BCUT2D eigenvalue weighted by atomic mass is 10.1. The second-order valence-corrected chi connectivity index (χ2v) is 7.17. The molecule has 0 atom stereocenters. The van der Waals surface area contributed by atoms with Crippen LogP contribution in [0.1, 0.15) is 25.0 Å². The van der Waals surface area contributed by atoms with Gasteiger partial charge in [0, 0.05) is 9.79 Å². The zero-order valence-corrected chi connectivity index (χ0v) is 17.9. The number of carbonyl (C=O) groups is 2. The summed E-state index contributed by atoms with van der Waals surface area (Å²) in [6.07, 6.45) is 2.98. The number of rotatable bonds is 8. The van der Waals surface area contributed by atoms with Gasteiger partial charge in [-0.25, -0.2) is 9.59 Å². The predicted molar refractivity (Wildman–Crippen MR) is 117 cm³/mol. The summed E-state index contributed by atoms with van der Waals surface area (Å²) in [5, 5.41) is 18.2. The minimum atomic E-state index is -0.639. The van der Waals surface area contributed by atoms with Gasteiger partial charge in [-0.3, -0.25) is 0 Å². The van der Waals surface area contributed by atoms with E-state index in [2.05, 4.69) is 0 Å². The number of nitriles is 2. The number of carbonyl (C=O) groups excluding carboxylic acids is 2. The fourth-order valence-electron chi connectivity index (χ4n) is 2.42. The zero-order valence-electron chi connectivity index (χ0n) is 17.1. The van der Waals surface area contributed by atoms with E-state index >= 15 is 0 Å². The monoisotopic (exact) mass is 432 g/mol. The third kappa shape index (κ3) is 7.18. The molecule has 0 aliphatic carbocycles. The van der Waals surface area contributed by atoms with Gasteiger partial charge in [-0.05, 0) is 61.4 Å². The molecule has 2 aromatic carbocycles. The molecule has 0 aromatic heterocycles. The topological polar surface area (TPSA) is 100 Å².